The predicted molar refractivity (Wildman–Crippen MR) is 76.5 cm³/mol. The van der Waals surface area contributed by atoms with Crippen LogP contribution < -0.4 is 14.8 Å². The van der Waals surface area contributed by atoms with Crippen molar-refractivity contribution in [3.63, 3.8) is 0 Å². The molecule has 0 saturated carbocycles. The van der Waals surface area contributed by atoms with Crippen LogP contribution in [-0.2, 0) is 0 Å². The maximum absolute atomic E-state index is 6.37. The van der Waals surface area contributed by atoms with Gasteiger partial charge in [0, 0.05) is 12.0 Å². The lowest BCUT2D eigenvalue weighted by Crippen LogP contribution is -2.26. The summed E-state index contributed by atoms with van der Waals surface area (Å²) in [6.45, 7) is 7.64. The zero-order valence-corrected chi connectivity index (χ0v) is 12.2. The molecule has 1 atom stereocenters. The van der Waals surface area contributed by atoms with Crippen molar-refractivity contribution in [3.05, 3.63) is 22.7 Å². The Morgan fingerprint density at radius 2 is 2.05 bits per heavy atom. The minimum atomic E-state index is 0.0113. The molecule has 4 heteroatoms. The van der Waals surface area contributed by atoms with E-state index in [9.17, 15) is 0 Å². The zero-order chi connectivity index (χ0) is 13.5. The Labute approximate surface area is 119 Å². The molecule has 3 nitrogen and oxygen atoms in total. The fourth-order valence-corrected chi connectivity index (χ4v) is 2.87. The minimum Gasteiger partial charge on any atom is -0.489 e. The van der Waals surface area contributed by atoms with Crippen molar-refractivity contribution in [1.82, 2.24) is 5.32 Å². The molecule has 0 amide bonds. The van der Waals surface area contributed by atoms with Gasteiger partial charge >= 0.3 is 0 Å². The van der Waals surface area contributed by atoms with Crippen LogP contribution in [0.4, 0.5) is 0 Å². The number of benzene rings is 1. The van der Waals surface area contributed by atoms with Crippen LogP contribution in [0.5, 0.6) is 11.5 Å². The van der Waals surface area contributed by atoms with Crippen molar-refractivity contribution in [2.45, 2.75) is 26.2 Å². The molecule has 1 fully saturated rings. The zero-order valence-electron chi connectivity index (χ0n) is 11.5. The van der Waals surface area contributed by atoms with Gasteiger partial charge in [-0.2, -0.15) is 0 Å². The second-order valence-electron chi connectivity index (χ2n) is 6.26. The topological polar surface area (TPSA) is 30.5 Å². The first kappa shape index (κ1) is 13.1. The third-order valence-corrected chi connectivity index (χ3v) is 4.07. The number of nitrogens with one attached hydrogen (secondary N) is 1. The van der Waals surface area contributed by atoms with Crippen molar-refractivity contribution in [2.24, 2.45) is 5.41 Å². The highest BCUT2D eigenvalue weighted by Crippen LogP contribution is 2.42. The SMILES string of the molecule is CC1(C)COc2cc(C3CCNC3)cc(Cl)c2OC1. The molecule has 1 unspecified atom stereocenters. The van der Waals surface area contributed by atoms with Gasteiger partial charge in [-0.3, -0.25) is 0 Å². The summed E-state index contributed by atoms with van der Waals surface area (Å²) >= 11 is 6.37. The molecule has 1 saturated heterocycles. The number of rotatable bonds is 1. The molecule has 1 N–H and O–H groups in total. The summed E-state index contributed by atoms with van der Waals surface area (Å²) in [4.78, 5) is 0. The van der Waals surface area contributed by atoms with Crippen LogP contribution in [0.1, 0.15) is 31.7 Å². The number of hydrogen-bond acceptors (Lipinski definition) is 3. The standard InChI is InChI=1S/C15H20ClNO2/c1-15(2)8-18-13-6-11(10-3-4-17-7-10)5-12(16)14(13)19-9-15/h5-6,10,17H,3-4,7-9H2,1-2H3. The van der Waals surface area contributed by atoms with E-state index in [1.54, 1.807) is 0 Å². The normalized spacial score (nSPS) is 25.1. The monoisotopic (exact) mass is 281 g/mol. The van der Waals surface area contributed by atoms with Crippen LogP contribution in [0.3, 0.4) is 0 Å². The molecule has 2 heterocycles. The molecule has 0 spiro atoms. The highest BCUT2D eigenvalue weighted by atomic mass is 35.5. The van der Waals surface area contributed by atoms with E-state index in [0.29, 0.717) is 29.9 Å². The van der Waals surface area contributed by atoms with E-state index >= 15 is 0 Å². The molecule has 3 rings (SSSR count). The number of halogens is 1. The van der Waals surface area contributed by atoms with Crippen molar-refractivity contribution in [3.8, 4) is 11.5 Å². The summed E-state index contributed by atoms with van der Waals surface area (Å²) in [5, 5.41) is 4.04. The van der Waals surface area contributed by atoms with Gasteiger partial charge in [-0.25, -0.2) is 0 Å². The Morgan fingerprint density at radius 1 is 1.26 bits per heavy atom. The molecule has 1 aromatic carbocycles. The molecule has 0 aromatic heterocycles. The molecule has 2 aliphatic heterocycles. The van der Waals surface area contributed by atoms with Crippen LogP contribution in [-0.4, -0.2) is 26.3 Å². The van der Waals surface area contributed by atoms with Gasteiger partial charge in [0.2, 0.25) is 0 Å². The summed E-state index contributed by atoms with van der Waals surface area (Å²) in [6, 6.07) is 4.13. The third kappa shape index (κ3) is 2.67. The Kier molecular flexibility index (Phi) is 3.35. The Morgan fingerprint density at radius 3 is 2.79 bits per heavy atom. The lowest BCUT2D eigenvalue weighted by Gasteiger charge is -2.19. The Bertz CT molecular complexity index is 481. The lowest BCUT2D eigenvalue weighted by molar-refractivity contribution is 0.140. The predicted octanol–water partition coefficient (Wildman–Crippen LogP) is 3.21. The number of ether oxygens (including phenoxy) is 2. The first-order chi connectivity index (χ1) is 9.05. The summed E-state index contributed by atoms with van der Waals surface area (Å²) in [6.07, 6.45) is 1.15. The van der Waals surface area contributed by atoms with Gasteiger partial charge < -0.3 is 14.8 Å². The van der Waals surface area contributed by atoms with Crippen LogP contribution >= 0.6 is 11.6 Å². The van der Waals surface area contributed by atoms with Gasteiger partial charge in [0.25, 0.3) is 0 Å². The maximum atomic E-state index is 6.37. The van der Waals surface area contributed by atoms with E-state index in [1.807, 2.05) is 6.07 Å². The van der Waals surface area contributed by atoms with Gasteiger partial charge in [-0.05, 0) is 36.6 Å². The molecule has 1 aromatic rings. The fraction of sp³-hybridized carbons (Fsp3) is 0.600. The summed E-state index contributed by atoms with van der Waals surface area (Å²) in [5.41, 5.74) is 1.26. The van der Waals surface area contributed by atoms with Crippen LogP contribution in [0.15, 0.2) is 12.1 Å². The van der Waals surface area contributed by atoms with Crippen LogP contribution in [0.2, 0.25) is 5.02 Å². The van der Waals surface area contributed by atoms with Crippen molar-refractivity contribution in [2.75, 3.05) is 26.3 Å². The largest absolute Gasteiger partial charge is 0.489 e. The van der Waals surface area contributed by atoms with Gasteiger partial charge in [-0.15, -0.1) is 0 Å². The molecule has 0 bridgehead atoms. The van der Waals surface area contributed by atoms with E-state index < -0.39 is 0 Å². The van der Waals surface area contributed by atoms with E-state index in [1.165, 1.54) is 5.56 Å². The average Bonchev–Trinajstić information content (AvgIpc) is 2.83. The molecule has 104 valence electrons. The van der Waals surface area contributed by atoms with E-state index in [0.717, 1.165) is 25.3 Å². The lowest BCUT2D eigenvalue weighted by atomic mass is 9.97. The fourth-order valence-electron chi connectivity index (χ4n) is 2.59. The minimum absolute atomic E-state index is 0.0113. The van der Waals surface area contributed by atoms with Crippen molar-refractivity contribution < 1.29 is 9.47 Å². The number of fused-ring (bicyclic) bond motifs is 1. The molecular formula is C15H20ClNO2. The molecular weight excluding hydrogens is 262 g/mol. The van der Waals surface area contributed by atoms with Gasteiger partial charge in [-0.1, -0.05) is 25.4 Å². The highest BCUT2D eigenvalue weighted by molar-refractivity contribution is 6.32. The van der Waals surface area contributed by atoms with Crippen molar-refractivity contribution >= 4 is 11.6 Å². The average molecular weight is 282 g/mol. The number of hydrogen-bond donors (Lipinski definition) is 1. The van der Waals surface area contributed by atoms with Gasteiger partial charge in [0.15, 0.2) is 11.5 Å². The van der Waals surface area contributed by atoms with Crippen molar-refractivity contribution in [1.29, 1.82) is 0 Å². The van der Waals surface area contributed by atoms with Gasteiger partial charge in [0.1, 0.15) is 0 Å². The molecule has 19 heavy (non-hydrogen) atoms. The van der Waals surface area contributed by atoms with Crippen LogP contribution in [0, 0.1) is 5.41 Å². The second kappa shape index (κ2) is 4.88. The second-order valence-corrected chi connectivity index (χ2v) is 6.67. The quantitative estimate of drug-likeness (QED) is 0.857. The molecule has 0 radical (unpaired) electrons. The molecule has 0 aliphatic carbocycles. The Hall–Kier alpha value is -0.930. The van der Waals surface area contributed by atoms with E-state index in [-0.39, 0.29) is 5.41 Å². The summed E-state index contributed by atoms with van der Waals surface area (Å²) in [7, 11) is 0. The van der Waals surface area contributed by atoms with Gasteiger partial charge in [0.05, 0.1) is 18.2 Å². The molecule has 2 aliphatic rings. The highest BCUT2D eigenvalue weighted by Gasteiger charge is 2.28. The summed E-state index contributed by atoms with van der Waals surface area (Å²) < 4.78 is 11.8. The Balaban J connectivity index is 1.93. The van der Waals surface area contributed by atoms with E-state index in [2.05, 4.69) is 25.2 Å². The smallest absolute Gasteiger partial charge is 0.179 e. The third-order valence-electron chi connectivity index (χ3n) is 3.79. The van der Waals surface area contributed by atoms with Crippen LogP contribution in [0.25, 0.3) is 0 Å². The first-order valence-electron chi connectivity index (χ1n) is 6.85. The maximum Gasteiger partial charge on any atom is 0.179 e. The summed E-state index contributed by atoms with van der Waals surface area (Å²) in [5.74, 6) is 2.02. The van der Waals surface area contributed by atoms with E-state index in [4.69, 9.17) is 21.1 Å². The first-order valence-corrected chi connectivity index (χ1v) is 7.23.